The van der Waals surface area contributed by atoms with Gasteiger partial charge < -0.3 is 4.74 Å². The third-order valence-corrected chi connectivity index (χ3v) is 2.44. The molecule has 2 aromatic heterocycles. The molecule has 0 aliphatic heterocycles. The Balaban J connectivity index is 1.92. The number of aryl methyl sites for hydroxylation is 1. The second-order valence-electron chi connectivity index (χ2n) is 2.80. The zero-order valence-electron chi connectivity index (χ0n) is 7.88. The third-order valence-electron chi connectivity index (χ3n) is 1.80. The van der Waals surface area contributed by atoms with Gasteiger partial charge in [0, 0.05) is 11.9 Å². The summed E-state index contributed by atoms with van der Waals surface area (Å²) in [6.07, 6.45) is 3.60. The first-order valence-electron chi connectivity index (χ1n) is 4.41. The highest BCUT2D eigenvalue weighted by Gasteiger charge is 1.99. The van der Waals surface area contributed by atoms with Gasteiger partial charge in [0.1, 0.15) is 6.61 Å². The van der Waals surface area contributed by atoms with Gasteiger partial charge >= 0.3 is 0 Å². The molecule has 0 radical (unpaired) electrons. The standard InChI is InChI=1S/C9H11N3OS/c1-2-12-4-9(3-11-12)13-5-8-6-14-7-10-8/h3-4,6-7H,2,5H2,1H3. The van der Waals surface area contributed by atoms with Gasteiger partial charge in [-0.1, -0.05) is 0 Å². The van der Waals surface area contributed by atoms with E-state index < -0.39 is 0 Å². The second-order valence-corrected chi connectivity index (χ2v) is 3.52. The molecule has 14 heavy (non-hydrogen) atoms. The van der Waals surface area contributed by atoms with Crippen LogP contribution in [-0.2, 0) is 13.2 Å². The SMILES string of the molecule is CCn1cc(OCc2cscn2)cn1. The molecule has 0 N–H and O–H groups in total. The van der Waals surface area contributed by atoms with Gasteiger partial charge in [0.2, 0.25) is 0 Å². The van der Waals surface area contributed by atoms with E-state index in [-0.39, 0.29) is 0 Å². The summed E-state index contributed by atoms with van der Waals surface area (Å²) in [7, 11) is 0. The topological polar surface area (TPSA) is 39.9 Å². The maximum atomic E-state index is 5.49. The normalized spacial score (nSPS) is 10.4. The van der Waals surface area contributed by atoms with Crippen LogP contribution in [0.2, 0.25) is 0 Å². The fourth-order valence-electron chi connectivity index (χ4n) is 1.06. The van der Waals surface area contributed by atoms with Crippen molar-refractivity contribution in [3.63, 3.8) is 0 Å². The van der Waals surface area contributed by atoms with Crippen molar-refractivity contribution in [2.24, 2.45) is 0 Å². The molecule has 4 nitrogen and oxygen atoms in total. The molecule has 2 aromatic rings. The van der Waals surface area contributed by atoms with Gasteiger partial charge in [-0.3, -0.25) is 4.68 Å². The summed E-state index contributed by atoms with van der Waals surface area (Å²) in [5.41, 5.74) is 2.76. The van der Waals surface area contributed by atoms with Gasteiger partial charge in [0.25, 0.3) is 0 Å². The van der Waals surface area contributed by atoms with E-state index in [1.165, 1.54) is 0 Å². The highest BCUT2D eigenvalue weighted by Crippen LogP contribution is 2.11. The summed E-state index contributed by atoms with van der Waals surface area (Å²) >= 11 is 1.57. The molecule has 0 aromatic carbocycles. The summed E-state index contributed by atoms with van der Waals surface area (Å²) in [4.78, 5) is 4.12. The fourth-order valence-corrected chi connectivity index (χ4v) is 1.60. The first kappa shape index (κ1) is 9.21. The van der Waals surface area contributed by atoms with Crippen LogP contribution in [0.4, 0.5) is 0 Å². The van der Waals surface area contributed by atoms with Crippen LogP contribution in [0.1, 0.15) is 12.6 Å². The van der Waals surface area contributed by atoms with Crippen LogP contribution < -0.4 is 4.74 Å². The van der Waals surface area contributed by atoms with Crippen LogP contribution in [0.3, 0.4) is 0 Å². The van der Waals surface area contributed by atoms with E-state index in [9.17, 15) is 0 Å². The zero-order valence-corrected chi connectivity index (χ0v) is 8.70. The van der Waals surface area contributed by atoms with Crippen molar-refractivity contribution in [1.82, 2.24) is 14.8 Å². The first-order chi connectivity index (χ1) is 6.88. The van der Waals surface area contributed by atoms with E-state index in [0.29, 0.717) is 6.61 Å². The molecular weight excluding hydrogens is 198 g/mol. The molecular formula is C9H11N3OS. The largest absolute Gasteiger partial charge is 0.484 e. The van der Waals surface area contributed by atoms with E-state index in [2.05, 4.69) is 10.1 Å². The molecule has 0 aliphatic carbocycles. The van der Waals surface area contributed by atoms with Gasteiger partial charge in [-0.15, -0.1) is 11.3 Å². The Morgan fingerprint density at radius 3 is 3.14 bits per heavy atom. The number of rotatable bonds is 4. The molecule has 0 fully saturated rings. The van der Waals surface area contributed by atoms with Crippen LogP contribution in [0.5, 0.6) is 5.75 Å². The second kappa shape index (κ2) is 4.23. The predicted molar refractivity (Wildman–Crippen MR) is 54.3 cm³/mol. The highest BCUT2D eigenvalue weighted by molar-refractivity contribution is 7.07. The molecule has 0 saturated carbocycles. The van der Waals surface area contributed by atoms with E-state index >= 15 is 0 Å². The molecule has 74 valence electrons. The molecule has 0 bridgehead atoms. The van der Waals surface area contributed by atoms with E-state index in [1.54, 1.807) is 23.0 Å². The van der Waals surface area contributed by atoms with Crippen LogP contribution in [0, 0.1) is 0 Å². The molecule has 2 heterocycles. The number of ether oxygens (including phenoxy) is 1. The lowest BCUT2D eigenvalue weighted by Gasteiger charge is -1.98. The van der Waals surface area contributed by atoms with Crippen molar-refractivity contribution in [3.05, 3.63) is 29.0 Å². The van der Waals surface area contributed by atoms with Crippen LogP contribution >= 0.6 is 11.3 Å². The average Bonchev–Trinajstić information content (AvgIpc) is 2.86. The number of nitrogens with zero attached hydrogens (tertiary/aromatic N) is 3. The van der Waals surface area contributed by atoms with Gasteiger partial charge in [-0.05, 0) is 6.92 Å². The van der Waals surface area contributed by atoms with Crippen molar-refractivity contribution >= 4 is 11.3 Å². The maximum absolute atomic E-state index is 5.49. The zero-order chi connectivity index (χ0) is 9.80. The highest BCUT2D eigenvalue weighted by atomic mass is 32.1. The number of hydrogen-bond acceptors (Lipinski definition) is 4. The minimum absolute atomic E-state index is 0.513. The van der Waals surface area contributed by atoms with Gasteiger partial charge in [0.05, 0.1) is 23.6 Å². The van der Waals surface area contributed by atoms with Crippen LogP contribution in [0.15, 0.2) is 23.3 Å². The van der Waals surface area contributed by atoms with Gasteiger partial charge in [-0.2, -0.15) is 5.10 Å². The quantitative estimate of drug-likeness (QED) is 0.772. The Morgan fingerprint density at radius 2 is 2.50 bits per heavy atom. The molecule has 0 amide bonds. The Hall–Kier alpha value is -1.36. The minimum atomic E-state index is 0.513. The molecule has 0 unspecified atom stereocenters. The monoisotopic (exact) mass is 209 g/mol. The lowest BCUT2D eigenvalue weighted by atomic mass is 10.5. The van der Waals surface area contributed by atoms with E-state index in [4.69, 9.17) is 4.74 Å². The predicted octanol–water partition coefficient (Wildman–Crippen LogP) is 1.94. The van der Waals surface area contributed by atoms with Crippen LogP contribution in [-0.4, -0.2) is 14.8 Å². The van der Waals surface area contributed by atoms with E-state index in [1.807, 2.05) is 23.2 Å². The Kier molecular flexibility index (Phi) is 2.78. The average molecular weight is 209 g/mol. The van der Waals surface area contributed by atoms with Crippen molar-refractivity contribution in [1.29, 1.82) is 0 Å². The van der Waals surface area contributed by atoms with Crippen molar-refractivity contribution in [2.75, 3.05) is 0 Å². The third kappa shape index (κ3) is 2.11. The Bertz CT molecular complexity index is 382. The molecule has 0 aliphatic rings. The van der Waals surface area contributed by atoms with Gasteiger partial charge in [-0.25, -0.2) is 4.98 Å². The van der Waals surface area contributed by atoms with Crippen molar-refractivity contribution in [3.8, 4) is 5.75 Å². The molecule has 2 rings (SSSR count). The molecule has 0 atom stereocenters. The summed E-state index contributed by atoms with van der Waals surface area (Å²) < 4.78 is 7.32. The van der Waals surface area contributed by atoms with Crippen molar-refractivity contribution in [2.45, 2.75) is 20.1 Å². The maximum Gasteiger partial charge on any atom is 0.157 e. The summed E-state index contributed by atoms with van der Waals surface area (Å²) in [6, 6.07) is 0. The lowest BCUT2D eigenvalue weighted by molar-refractivity contribution is 0.301. The number of thiazole rings is 1. The van der Waals surface area contributed by atoms with Crippen LogP contribution in [0.25, 0.3) is 0 Å². The molecule has 0 saturated heterocycles. The molecule has 0 spiro atoms. The van der Waals surface area contributed by atoms with Gasteiger partial charge in [0.15, 0.2) is 5.75 Å². The minimum Gasteiger partial charge on any atom is -0.484 e. The smallest absolute Gasteiger partial charge is 0.157 e. The summed E-state index contributed by atoms with van der Waals surface area (Å²) in [6.45, 7) is 3.41. The summed E-state index contributed by atoms with van der Waals surface area (Å²) in [5.74, 6) is 0.792. The number of aromatic nitrogens is 3. The first-order valence-corrected chi connectivity index (χ1v) is 5.35. The Labute approximate surface area is 86.2 Å². The van der Waals surface area contributed by atoms with E-state index in [0.717, 1.165) is 18.0 Å². The number of hydrogen-bond donors (Lipinski definition) is 0. The summed E-state index contributed by atoms with van der Waals surface area (Å²) in [5, 5.41) is 6.08. The molecule has 5 heteroatoms. The van der Waals surface area contributed by atoms with Crippen molar-refractivity contribution < 1.29 is 4.74 Å². The fraction of sp³-hybridized carbons (Fsp3) is 0.333. The lowest BCUT2D eigenvalue weighted by Crippen LogP contribution is -1.95. The Morgan fingerprint density at radius 1 is 1.57 bits per heavy atom.